The van der Waals surface area contributed by atoms with Crippen LogP contribution >= 0.6 is 23.2 Å². The number of ether oxygens (including phenoxy) is 1. The maximum absolute atomic E-state index is 12.6. The molecule has 3 aromatic rings. The number of aromatic nitrogens is 2. The van der Waals surface area contributed by atoms with Crippen molar-refractivity contribution >= 4 is 39.1 Å². The predicted molar refractivity (Wildman–Crippen MR) is 106 cm³/mol. The molecule has 1 amide bonds. The van der Waals surface area contributed by atoms with E-state index in [1.54, 1.807) is 35.9 Å². The number of imidazole rings is 1. The molecule has 2 aromatic carbocycles. The molecule has 0 saturated carbocycles. The molecular formula is C18H15Cl2N3O4S. The zero-order valence-electron chi connectivity index (χ0n) is 14.8. The summed E-state index contributed by atoms with van der Waals surface area (Å²) in [6.45, 7) is 0. The maximum Gasteiger partial charge on any atom is 0.285 e. The number of methoxy groups -OCH3 is 1. The van der Waals surface area contributed by atoms with Gasteiger partial charge >= 0.3 is 0 Å². The van der Waals surface area contributed by atoms with E-state index in [0.29, 0.717) is 16.4 Å². The molecule has 0 aliphatic rings. The van der Waals surface area contributed by atoms with Gasteiger partial charge in [0.2, 0.25) is 0 Å². The Morgan fingerprint density at radius 1 is 1.14 bits per heavy atom. The van der Waals surface area contributed by atoms with Gasteiger partial charge in [-0.3, -0.25) is 4.79 Å². The van der Waals surface area contributed by atoms with Gasteiger partial charge in [-0.25, -0.2) is 18.1 Å². The number of aryl methyl sites for hydroxylation is 1. The largest absolute Gasteiger partial charge is 0.495 e. The molecule has 0 atom stereocenters. The second kappa shape index (κ2) is 7.83. The number of amides is 1. The van der Waals surface area contributed by atoms with Crippen LogP contribution < -0.4 is 9.46 Å². The van der Waals surface area contributed by atoms with E-state index in [-0.39, 0.29) is 21.4 Å². The Morgan fingerprint density at radius 3 is 2.57 bits per heavy atom. The molecule has 0 aliphatic heterocycles. The van der Waals surface area contributed by atoms with E-state index in [1.807, 2.05) is 4.72 Å². The first kappa shape index (κ1) is 20.2. The summed E-state index contributed by atoms with van der Waals surface area (Å²) in [6, 6.07) is 11.0. The normalized spacial score (nSPS) is 11.3. The third kappa shape index (κ3) is 3.84. The van der Waals surface area contributed by atoms with Crippen molar-refractivity contribution in [1.82, 2.24) is 14.3 Å². The number of halogens is 2. The number of rotatable bonds is 5. The van der Waals surface area contributed by atoms with Crippen molar-refractivity contribution in [2.75, 3.05) is 7.11 Å². The van der Waals surface area contributed by atoms with Gasteiger partial charge in [-0.05, 0) is 24.3 Å². The molecule has 0 saturated heterocycles. The SMILES string of the molecule is COc1ccccc1S(=O)(=O)NC(=O)c1cn(C)c(-c2cccc(Cl)c2Cl)n1. The van der Waals surface area contributed by atoms with Gasteiger partial charge in [-0.1, -0.05) is 41.4 Å². The number of hydrogen-bond acceptors (Lipinski definition) is 5. The standard InChI is InChI=1S/C18H15Cl2N3O4S/c1-23-10-13(21-17(23)11-6-5-7-12(19)16(11)20)18(24)22-28(25,26)15-9-4-3-8-14(15)27-2/h3-10H,1-2H3,(H,22,24). The molecule has 10 heteroatoms. The molecule has 1 heterocycles. The third-order valence-electron chi connectivity index (χ3n) is 3.89. The van der Waals surface area contributed by atoms with Gasteiger partial charge in [-0.2, -0.15) is 0 Å². The van der Waals surface area contributed by atoms with Crippen molar-refractivity contribution in [3.05, 3.63) is 64.4 Å². The Balaban J connectivity index is 1.93. The molecule has 28 heavy (non-hydrogen) atoms. The first-order chi connectivity index (χ1) is 13.2. The van der Waals surface area contributed by atoms with E-state index in [9.17, 15) is 13.2 Å². The number of sulfonamides is 1. The molecular weight excluding hydrogens is 425 g/mol. The zero-order valence-corrected chi connectivity index (χ0v) is 17.1. The van der Waals surface area contributed by atoms with E-state index >= 15 is 0 Å². The van der Waals surface area contributed by atoms with Crippen LogP contribution in [0.1, 0.15) is 10.5 Å². The van der Waals surface area contributed by atoms with E-state index in [1.165, 1.54) is 31.5 Å². The van der Waals surface area contributed by atoms with Gasteiger partial charge < -0.3 is 9.30 Å². The summed E-state index contributed by atoms with van der Waals surface area (Å²) in [5.41, 5.74) is 0.426. The van der Waals surface area contributed by atoms with Crippen LogP contribution in [-0.4, -0.2) is 31.0 Å². The molecule has 0 spiro atoms. The zero-order chi connectivity index (χ0) is 20.5. The molecule has 0 unspecified atom stereocenters. The summed E-state index contributed by atoms with van der Waals surface area (Å²) in [4.78, 5) is 16.6. The van der Waals surface area contributed by atoms with E-state index in [4.69, 9.17) is 27.9 Å². The summed E-state index contributed by atoms with van der Waals surface area (Å²) in [6.07, 6.45) is 1.40. The number of nitrogens with one attached hydrogen (secondary N) is 1. The highest BCUT2D eigenvalue weighted by Crippen LogP contribution is 2.32. The highest BCUT2D eigenvalue weighted by molar-refractivity contribution is 7.90. The number of benzene rings is 2. The minimum absolute atomic E-state index is 0.0907. The average molecular weight is 440 g/mol. The average Bonchev–Trinajstić information content (AvgIpc) is 3.05. The summed E-state index contributed by atoms with van der Waals surface area (Å²) in [5.74, 6) is -0.395. The fourth-order valence-corrected chi connectivity index (χ4v) is 4.09. The van der Waals surface area contributed by atoms with Crippen LogP contribution in [-0.2, 0) is 17.1 Å². The summed E-state index contributed by atoms with van der Waals surface area (Å²) >= 11 is 12.2. The smallest absolute Gasteiger partial charge is 0.285 e. The number of nitrogens with zero attached hydrogens (tertiary/aromatic N) is 2. The van der Waals surface area contributed by atoms with Crippen LogP contribution in [0.15, 0.2) is 53.6 Å². The predicted octanol–water partition coefficient (Wildman–Crippen LogP) is 3.52. The molecule has 0 bridgehead atoms. The highest BCUT2D eigenvalue weighted by Gasteiger charge is 2.24. The monoisotopic (exact) mass is 439 g/mol. The lowest BCUT2D eigenvalue weighted by molar-refractivity contribution is 0.0977. The fraction of sp³-hybridized carbons (Fsp3) is 0.111. The van der Waals surface area contributed by atoms with Gasteiger partial charge in [0.1, 0.15) is 22.2 Å². The van der Waals surface area contributed by atoms with Crippen molar-refractivity contribution in [2.45, 2.75) is 4.90 Å². The lowest BCUT2D eigenvalue weighted by Gasteiger charge is -2.09. The first-order valence-corrected chi connectivity index (χ1v) is 10.2. The summed E-state index contributed by atoms with van der Waals surface area (Å²) in [5, 5.41) is 0.624. The Bertz CT molecular complexity index is 1160. The van der Waals surface area contributed by atoms with Crippen LogP contribution in [0.2, 0.25) is 10.0 Å². The molecule has 1 aromatic heterocycles. The Morgan fingerprint density at radius 2 is 1.86 bits per heavy atom. The molecule has 7 nitrogen and oxygen atoms in total. The lowest BCUT2D eigenvalue weighted by Crippen LogP contribution is -2.31. The topological polar surface area (TPSA) is 90.3 Å². The van der Waals surface area contributed by atoms with Gasteiger partial charge in [0.05, 0.1) is 17.2 Å². The molecule has 0 fully saturated rings. The van der Waals surface area contributed by atoms with Crippen LogP contribution in [0.3, 0.4) is 0 Å². The van der Waals surface area contributed by atoms with Crippen molar-refractivity contribution in [2.24, 2.45) is 7.05 Å². The minimum atomic E-state index is -4.15. The fourth-order valence-electron chi connectivity index (χ4n) is 2.57. The minimum Gasteiger partial charge on any atom is -0.495 e. The number of carbonyl (C=O) groups is 1. The van der Waals surface area contributed by atoms with Gasteiger partial charge in [0.15, 0.2) is 0 Å². The molecule has 146 valence electrons. The first-order valence-electron chi connectivity index (χ1n) is 7.92. The van der Waals surface area contributed by atoms with Crippen LogP contribution in [0.5, 0.6) is 5.75 Å². The second-order valence-corrected chi connectivity index (χ2v) is 8.18. The Labute approximate surface area is 171 Å². The lowest BCUT2D eigenvalue weighted by atomic mass is 10.2. The quantitative estimate of drug-likeness (QED) is 0.656. The number of para-hydroxylation sites is 1. The molecule has 0 radical (unpaired) electrons. The van der Waals surface area contributed by atoms with Crippen molar-refractivity contribution < 1.29 is 17.9 Å². The van der Waals surface area contributed by atoms with Crippen LogP contribution in [0.4, 0.5) is 0 Å². The Kier molecular flexibility index (Phi) is 5.64. The van der Waals surface area contributed by atoms with Crippen molar-refractivity contribution in [3.8, 4) is 17.1 Å². The van der Waals surface area contributed by atoms with Crippen LogP contribution in [0.25, 0.3) is 11.4 Å². The summed E-state index contributed by atoms with van der Waals surface area (Å²) < 4.78 is 33.7. The maximum atomic E-state index is 12.6. The molecule has 0 aliphatic carbocycles. The van der Waals surface area contributed by atoms with Crippen molar-refractivity contribution in [1.29, 1.82) is 0 Å². The van der Waals surface area contributed by atoms with Gasteiger partial charge in [-0.15, -0.1) is 0 Å². The third-order valence-corrected chi connectivity index (χ3v) is 6.08. The van der Waals surface area contributed by atoms with E-state index < -0.39 is 15.9 Å². The Hall–Kier alpha value is -2.55. The van der Waals surface area contributed by atoms with Crippen molar-refractivity contribution in [3.63, 3.8) is 0 Å². The summed E-state index contributed by atoms with van der Waals surface area (Å²) in [7, 11) is -1.15. The number of hydrogen-bond donors (Lipinski definition) is 1. The van der Waals surface area contributed by atoms with E-state index in [0.717, 1.165) is 0 Å². The van der Waals surface area contributed by atoms with Gasteiger partial charge in [0.25, 0.3) is 15.9 Å². The second-order valence-electron chi connectivity index (χ2n) is 5.75. The highest BCUT2D eigenvalue weighted by atomic mass is 35.5. The van der Waals surface area contributed by atoms with E-state index in [2.05, 4.69) is 4.98 Å². The molecule has 1 N–H and O–H groups in total. The van der Waals surface area contributed by atoms with Crippen LogP contribution in [0, 0.1) is 0 Å². The van der Waals surface area contributed by atoms with Gasteiger partial charge in [0, 0.05) is 18.8 Å². The molecule has 3 rings (SSSR count). The number of carbonyl (C=O) groups excluding carboxylic acids is 1.